The molecule has 1 aromatic rings. The molecular weight excluding hydrogens is 249 g/mol. The lowest BCUT2D eigenvalue weighted by Crippen LogP contribution is -2.32. The molecule has 1 atom stereocenters. The number of aryl methyl sites for hydroxylation is 1. The molecule has 1 aliphatic carbocycles. The summed E-state index contributed by atoms with van der Waals surface area (Å²) in [5, 5.41) is 3.98. The van der Waals surface area contributed by atoms with Gasteiger partial charge in [-0.25, -0.2) is 4.39 Å². The summed E-state index contributed by atoms with van der Waals surface area (Å²) in [5.74, 6) is 0.541. The highest BCUT2D eigenvalue weighted by molar-refractivity contribution is 6.31. The molecule has 1 aliphatic rings. The monoisotopic (exact) mass is 269 g/mol. The standard InChI is InChI=1S/C15H21ClFN/c1-18-15(12-4-2-3-5-12)9-7-11-6-8-13(17)10-14(11)16/h6,8,10,12,15,18H,2-5,7,9H2,1H3. The summed E-state index contributed by atoms with van der Waals surface area (Å²) in [5.41, 5.74) is 1.05. The second-order valence-electron chi connectivity index (χ2n) is 5.21. The minimum atomic E-state index is -0.260. The molecule has 1 saturated carbocycles. The first-order valence-corrected chi connectivity index (χ1v) is 7.19. The fourth-order valence-electron chi connectivity index (χ4n) is 3.01. The Bertz CT molecular complexity index is 388. The number of halogens is 2. The summed E-state index contributed by atoms with van der Waals surface area (Å²) in [6.07, 6.45) is 7.39. The van der Waals surface area contributed by atoms with Crippen LogP contribution in [0.15, 0.2) is 18.2 Å². The maximum absolute atomic E-state index is 13.0. The van der Waals surface area contributed by atoms with E-state index in [-0.39, 0.29) is 5.82 Å². The van der Waals surface area contributed by atoms with E-state index < -0.39 is 0 Å². The van der Waals surface area contributed by atoms with E-state index >= 15 is 0 Å². The van der Waals surface area contributed by atoms with Crippen molar-refractivity contribution in [1.82, 2.24) is 5.32 Å². The van der Waals surface area contributed by atoms with Crippen LogP contribution in [0.4, 0.5) is 4.39 Å². The van der Waals surface area contributed by atoms with Gasteiger partial charge in [-0.2, -0.15) is 0 Å². The van der Waals surface area contributed by atoms with E-state index in [0.29, 0.717) is 11.1 Å². The Morgan fingerprint density at radius 1 is 1.39 bits per heavy atom. The van der Waals surface area contributed by atoms with Gasteiger partial charge in [-0.15, -0.1) is 0 Å². The third-order valence-electron chi connectivity index (χ3n) is 4.08. The Balaban J connectivity index is 1.92. The molecule has 0 aromatic heterocycles. The number of benzene rings is 1. The molecule has 1 nitrogen and oxygen atoms in total. The summed E-state index contributed by atoms with van der Waals surface area (Å²) in [6.45, 7) is 0. The van der Waals surface area contributed by atoms with Gasteiger partial charge in [-0.05, 0) is 56.3 Å². The molecule has 0 radical (unpaired) electrons. The third-order valence-corrected chi connectivity index (χ3v) is 4.43. The van der Waals surface area contributed by atoms with Crippen LogP contribution in [0.5, 0.6) is 0 Å². The fraction of sp³-hybridized carbons (Fsp3) is 0.600. The van der Waals surface area contributed by atoms with Crippen LogP contribution in [0.1, 0.15) is 37.7 Å². The molecule has 0 amide bonds. The topological polar surface area (TPSA) is 12.0 Å². The van der Waals surface area contributed by atoms with Gasteiger partial charge in [0.25, 0.3) is 0 Å². The maximum Gasteiger partial charge on any atom is 0.124 e. The van der Waals surface area contributed by atoms with Crippen LogP contribution < -0.4 is 5.32 Å². The van der Waals surface area contributed by atoms with Gasteiger partial charge in [0.05, 0.1) is 0 Å². The molecule has 0 aliphatic heterocycles. The average molecular weight is 270 g/mol. The van der Waals surface area contributed by atoms with Crippen molar-refractivity contribution in [2.45, 2.75) is 44.6 Å². The Morgan fingerprint density at radius 3 is 2.72 bits per heavy atom. The van der Waals surface area contributed by atoms with Gasteiger partial charge in [0.2, 0.25) is 0 Å². The van der Waals surface area contributed by atoms with Crippen molar-refractivity contribution in [2.75, 3.05) is 7.05 Å². The van der Waals surface area contributed by atoms with Crippen LogP contribution >= 0.6 is 11.6 Å². The Hall–Kier alpha value is -0.600. The van der Waals surface area contributed by atoms with Gasteiger partial charge in [-0.3, -0.25) is 0 Å². The van der Waals surface area contributed by atoms with Gasteiger partial charge < -0.3 is 5.32 Å². The molecular formula is C15H21ClFN. The van der Waals surface area contributed by atoms with E-state index in [9.17, 15) is 4.39 Å². The second-order valence-corrected chi connectivity index (χ2v) is 5.62. The van der Waals surface area contributed by atoms with Gasteiger partial charge in [-0.1, -0.05) is 30.5 Å². The Kier molecular flexibility index (Phi) is 5.02. The summed E-state index contributed by atoms with van der Waals surface area (Å²) >= 11 is 6.06. The zero-order chi connectivity index (χ0) is 13.0. The zero-order valence-electron chi connectivity index (χ0n) is 10.9. The second kappa shape index (κ2) is 6.53. The van der Waals surface area contributed by atoms with Crippen molar-refractivity contribution < 1.29 is 4.39 Å². The van der Waals surface area contributed by atoms with Crippen LogP contribution in [0.25, 0.3) is 0 Å². The molecule has 3 heteroatoms. The minimum Gasteiger partial charge on any atom is -0.317 e. The quantitative estimate of drug-likeness (QED) is 0.845. The van der Waals surface area contributed by atoms with Crippen molar-refractivity contribution in [3.8, 4) is 0 Å². The number of rotatable bonds is 5. The van der Waals surface area contributed by atoms with Gasteiger partial charge in [0.15, 0.2) is 0 Å². The predicted octanol–water partition coefficient (Wildman–Crippen LogP) is 4.19. The molecule has 1 aromatic carbocycles. The number of nitrogens with one attached hydrogen (secondary N) is 1. The van der Waals surface area contributed by atoms with E-state index in [2.05, 4.69) is 5.32 Å². The number of hydrogen-bond acceptors (Lipinski definition) is 1. The third kappa shape index (κ3) is 3.46. The Morgan fingerprint density at radius 2 is 2.11 bits per heavy atom. The smallest absolute Gasteiger partial charge is 0.124 e. The lowest BCUT2D eigenvalue weighted by molar-refractivity contribution is 0.360. The van der Waals surface area contributed by atoms with Crippen LogP contribution in [-0.2, 0) is 6.42 Å². The van der Waals surface area contributed by atoms with Crippen LogP contribution in [0.2, 0.25) is 5.02 Å². The van der Waals surface area contributed by atoms with Gasteiger partial charge in [0, 0.05) is 11.1 Å². The van der Waals surface area contributed by atoms with Crippen molar-refractivity contribution in [3.05, 3.63) is 34.6 Å². The Labute approximate surface area is 114 Å². The van der Waals surface area contributed by atoms with Crippen molar-refractivity contribution in [3.63, 3.8) is 0 Å². The van der Waals surface area contributed by atoms with Crippen molar-refractivity contribution in [1.29, 1.82) is 0 Å². The van der Waals surface area contributed by atoms with Crippen LogP contribution in [0, 0.1) is 11.7 Å². The summed E-state index contributed by atoms with van der Waals surface area (Å²) in [6, 6.07) is 5.26. The van der Waals surface area contributed by atoms with Crippen LogP contribution in [0.3, 0.4) is 0 Å². The SMILES string of the molecule is CNC(CCc1ccc(F)cc1Cl)C1CCCC1. The molecule has 0 bridgehead atoms. The van der Waals surface area contributed by atoms with E-state index in [4.69, 9.17) is 11.6 Å². The summed E-state index contributed by atoms with van der Waals surface area (Å²) in [4.78, 5) is 0. The normalized spacial score (nSPS) is 18.2. The highest BCUT2D eigenvalue weighted by Gasteiger charge is 2.23. The van der Waals surface area contributed by atoms with E-state index in [1.165, 1.54) is 37.8 Å². The molecule has 0 spiro atoms. The van der Waals surface area contributed by atoms with Gasteiger partial charge >= 0.3 is 0 Å². The lowest BCUT2D eigenvalue weighted by atomic mass is 9.92. The molecule has 18 heavy (non-hydrogen) atoms. The highest BCUT2D eigenvalue weighted by Crippen LogP contribution is 2.30. The first-order valence-electron chi connectivity index (χ1n) is 6.82. The van der Waals surface area contributed by atoms with E-state index in [1.807, 2.05) is 7.05 Å². The molecule has 1 unspecified atom stereocenters. The fourth-order valence-corrected chi connectivity index (χ4v) is 3.27. The molecule has 1 fully saturated rings. The first kappa shape index (κ1) is 13.8. The maximum atomic E-state index is 13.0. The van der Waals surface area contributed by atoms with E-state index in [1.54, 1.807) is 6.07 Å². The van der Waals surface area contributed by atoms with Crippen molar-refractivity contribution >= 4 is 11.6 Å². The average Bonchev–Trinajstić information content (AvgIpc) is 2.86. The largest absolute Gasteiger partial charge is 0.317 e. The molecule has 0 saturated heterocycles. The molecule has 100 valence electrons. The van der Waals surface area contributed by atoms with Crippen molar-refractivity contribution in [2.24, 2.45) is 5.92 Å². The number of hydrogen-bond donors (Lipinski definition) is 1. The molecule has 2 rings (SSSR count). The zero-order valence-corrected chi connectivity index (χ0v) is 11.6. The first-order chi connectivity index (χ1) is 8.70. The molecule has 0 heterocycles. The predicted molar refractivity (Wildman–Crippen MR) is 74.5 cm³/mol. The van der Waals surface area contributed by atoms with Crippen LogP contribution in [-0.4, -0.2) is 13.1 Å². The molecule has 1 N–H and O–H groups in total. The lowest BCUT2D eigenvalue weighted by Gasteiger charge is -2.23. The minimum absolute atomic E-state index is 0.260. The van der Waals surface area contributed by atoms with E-state index in [0.717, 1.165) is 24.3 Å². The summed E-state index contributed by atoms with van der Waals surface area (Å²) < 4.78 is 13.0. The summed E-state index contributed by atoms with van der Waals surface area (Å²) in [7, 11) is 2.04. The highest BCUT2D eigenvalue weighted by atomic mass is 35.5. The van der Waals surface area contributed by atoms with Gasteiger partial charge in [0.1, 0.15) is 5.82 Å².